The quantitative estimate of drug-likeness (QED) is 0.642. The minimum Gasteiger partial charge on any atom is -0.343 e. The average Bonchev–Trinajstić information content (AvgIpc) is 3.13. The van der Waals surface area contributed by atoms with E-state index in [2.05, 4.69) is 29.7 Å². The summed E-state index contributed by atoms with van der Waals surface area (Å²) in [6, 6.07) is 8.71. The predicted molar refractivity (Wildman–Crippen MR) is 125 cm³/mol. The maximum Gasteiger partial charge on any atom is 0.246 e. The molecule has 3 amide bonds. The molecule has 0 unspecified atom stereocenters. The van der Waals surface area contributed by atoms with E-state index < -0.39 is 12.1 Å². The molecular weight excluding hydrogens is 404 g/mol. The lowest BCUT2D eigenvalue weighted by Crippen LogP contribution is -2.59. The van der Waals surface area contributed by atoms with Crippen LogP contribution < -0.4 is 10.6 Å². The van der Waals surface area contributed by atoms with E-state index in [1.54, 1.807) is 18.9 Å². The number of amides is 3. The van der Waals surface area contributed by atoms with Gasteiger partial charge in [0.1, 0.15) is 12.1 Å². The van der Waals surface area contributed by atoms with E-state index in [1.807, 2.05) is 36.9 Å². The summed E-state index contributed by atoms with van der Waals surface area (Å²) < 4.78 is 0. The zero-order valence-corrected chi connectivity index (χ0v) is 20.0. The van der Waals surface area contributed by atoms with Crippen LogP contribution in [0.4, 0.5) is 0 Å². The summed E-state index contributed by atoms with van der Waals surface area (Å²) in [4.78, 5) is 43.2. The van der Waals surface area contributed by atoms with Crippen LogP contribution in [0.25, 0.3) is 0 Å². The highest BCUT2D eigenvalue weighted by molar-refractivity contribution is 5.94. The van der Waals surface area contributed by atoms with E-state index in [4.69, 9.17) is 0 Å². The van der Waals surface area contributed by atoms with E-state index in [0.717, 1.165) is 19.4 Å². The first-order chi connectivity index (χ1) is 15.2. The van der Waals surface area contributed by atoms with Crippen LogP contribution in [-0.2, 0) is 20.8 Å². The first-order valence-corrected chi connectivity index (χ1v) is 11.8. The number of rotatable bonds is 8. The first kappa shape index (κ1) is 24.2. The van der Waals surface area contributed by atoms with Crippen LogP contribution in [0.5, 0.6) is 0 Å². The molecule has 2 fully saturated rings. The van der Waals surface area contributed by atoms with Gasteiger partial charge in [0, 0.05) is 19.6 Å². The fourth-order valence-electron chi connectivity index (χ4n) is 4.92. The lowest BCUT2D eigenvalue weighted by molar-refractivity contribution is -0.149. The van der Waals surface area contributed by atoms with Gasteiger partial charge in [-0.1, -0.05) is 51.1 Å². The number of nitrogens with zero attached hydrogens (tertiary/aromatic N) is 2. The highest BCUT2D eigenvalue weighted by Gasteiger charge is 2.50. The van der Waals surface area contributed by atoms with Gasteiger partial charge in [-0.3, -0.25) is 14.4 Å². The Morgan fingerprint density at radius 2 is 1.84 bits per heavy atom. The van der Waals surface area contributed by atoms with Crippen molar-refractivity contribution < 1.29 is 14.4 Å². The Bertz CT molecular complexity index is 813. The highest BCUT2D eigenvalue weighted by Crippen LogP contribution is 2.37. The molecule has 0 spiro atoms. The largest absolute Gasteiger partial charge is 0.343 e. The van der Waals surface area contributed by atoms with Gasteiger partial charge in [-0.15, -0.1) is 0 Å². The highest BCUT2D eigenvalue weighted by atomic mass is 16.2. The number of benzene rings is 1. The molecule has 0 radical (unpaired) electrons. The number of carbonyl (C=O) groups excluding carboxylic acids is 3. The molecule has 2 N–H and O–H groups in total. The van der Waals surface area contributed by atoms with Crippen LogP contribution in [0.3, 0.4) is 0 Å². The Kier molecular flexibility index (Phi) is 7.93. The molecule has 2 aliphatic rings. The number of carbonyl (C=O) groups is 3. The number of likely N-dealkylation sites (tertiary alicyclic amines) is 2. The standard InChI is InChI=1S/C25H38N4O3/c1-16(2)21(27-23(30)18(4)26-5)24(31)29-15-17(3)20-12-14-28(25(32)22(20)29)13-11-19-9-7-6-8-10-19/h6-10,16-18,20-22,26H,11-15H2,1-5H3,(H,27,30)/t17-,18-,20+,21-,22-/m0/s1. The Morgan fingerprint density at radius 3 is 2.47 bits per heavy atom. The Hall–Kier alpha value is -2.41. The normalized spacial score (nSPS) is 24.9. The Balaban J connectivity index is 1.73. The second kappa shape index (κ2) is 10.5. The molecule has 3 rings (SSSR count). The number of hydrogen-bond donors (Lipinski definition) is 2. The summed E-state index contributed by atoms with van der Waals surface area (Å²) in [6.45, 7) is 9.71. The van der Waals surface area contributed by atoms with E-state index in [9.17, 15) is 14.4 Å². The van der Waals surface area contributed by atoms with Crippen molar-refractivity contribution in [3.8, 4) is 0 Å². The van der Waals surface area contributed by atoms with Crippen molar-refractivity contribution >= 4 is 17.7 Å². The van der Waals surface area contributed by atoms with Gasteiger partial charge in [-0.05, 0) is 50.1 Å². The molecule has 32 heavy (non-hydrogen) atoms. The van der Waals surface area contributed by atoms with Crippen LogP contribution in [-0.4, -0.2) is 72.3 Å². The molecule has 7 nitrogen and oxygen atoms in total. The maximum atomic E-state index is 13.6. The summed E-state index contributed by atoms with van der Waals surface area (Å²) >= 11 is 0. The van der Waals surface area contributed by atoms with Crippen molar-refractivity contribution in [2.45, 2.75) is 58.7 Å². The van der Waals surface area contributed by atoms with E-state index in [1.165, 1.54) is 5.56 Å². The summed E-state index contributed by atoms with van der Waals surface area (Å²) in [7, 11) is 1.72. The number of nitrogens with one attached hydrogen (secondary N) is 2. The third-order valence-electron chi connectivity index (χ3n) is 7.11. The third-order valence-corrected chi connectivity index (χ3v) is 7.11. The van der Waals surface area contributed by atoms with Gasteiger partial charge in [0.05, 0.1) is 6.04 Å². The first-order valence-electron chi connectivity index (χ1n) is 11.8. The molecule has 176 valence electrons. The average molecular weight is 443 g/mol. The van der Waals surface area contributed by atoms with Crippen LogP contribution in [0.15, 0.2) is 30.3 Å². The molecule has 0 saturated carbocycles. The molecule has 1 aromatic carbocycles. The number of likely N-dealkylation sites (N-methyl/N-ethyl adjacent to an activating group) is 1. The lowest BCUT2D eigenvalue weighted by Gasteiger charge is -2.39. The molecule has 0 aliphatic carbocycles. The summed E-state index contributed by atoms with van der Waals surface area (Å²) in [5.41, 5.74) is 1.20. The second-order valence-corrected chi connectivity index (χ2v) is 9.67. The molecule has 2 aliphatic heterocycles. The molecule has 5 atom stereocenters. The molecule has 1 aromatic rings. The van der Waals surface area contributed by atoms with Gasteiger partial charge in [0.25, 0.3) is 0 Å². The van der Waals surface area contributed by atoms with Gasteiger partial charge < -0.3 is 20.4 Å². The molecule has 0 aromatic heterocycles. The molecule has 2 saturated heterocycles. The monoisotopic (exact) mass is 442 g/mol. The van der Waals surface area contributed by atoms with Gasteiger partial charge in [-0.25, -0.2) is 0 Å². The lowest BCUT2D eigenvalue weighted by atomic mass is 9.85. The zero-order valence-electron chi connectivity index (χ0n) is 20.0. The fourth-order valence-corrected chi connectivity index (χ4v) is 4.92. The van der Waals surface area contributed by atoms with Gasteiger partial charge in [-0.2, -0.15) is 0 Å². The van der Waals surface area contributed by atoms with Crippen molar-refractivity contribution in [2.24, 2.45) is 17.8 Å². The number of fused-ring (bicyclic) bond motifs is 1. The third kappa shape index (κ3) is 5.14. The van der Waals surface area contributed by atoms with Crippen LogP contribution in [0.1, 0.15) is 39.7 Å². The van der Waals surface area contributed by atoms with Crippen LogP contribution >= 0.6 is 0 Å². The van der Waals surface area contributed by atoms with Crippen molar-refractivity contribution in [3.05, 3.63) is 35.9 Å². The second-order valence-electron chi connectivity index (χ2n) is 9.67. The number of hydrogen-bond acceptors (Lipinski definition) is 4. The molecule has 0 bridgehead atoms. The van der Waals surface area contributed by atoms with Gasteiger partial charge >= 0.3 is 0 Å². The van der Waals surface area contributed by atoms with E-state index in [-0.39, 0.29) is 41.5 Å². The van der Waals surface area contributed by atoms with Crippen molar-refractivity contribution in [1.29, 1.82) is 0 Å². The van der Waals surface area contributed by atoms with Crippen molar-refractivity contribution in [1.82, 2.24) is 20.4 Å². The minimum absolute atomic E-state index is 0.0484. The molecule has 7 heteroatoms. The minimum atomic E-state index is -0.642. The molecule has 2 heterocycles. The smallest absolute Gasteiger partial charge is 0.246 e. The van der Waals surface area contributed by atoms with Gasteiger partial charge in [0.15, 0.2) is 0 Å². The Labute approximate surface area is 191 Å². The predicted octanol–water partition coefficient (Wildman–Crippen LogP) is 1.67. The zero-order chi connectivity index (χ0) is 23.4. The summed E-state index contributed by atoms with van der Waals surface area (Å²) in [5, 5.41) is 5.82. The van der Waals surface area contributed by atoms with E-state index >= 15 is 0 Å². The van der Waals surface area contributed by atoms with Crippen molar-refractivity contribution in [2.75, 3.05) is 26.7 Å². The van der Waals surface area contributed by atoms with Crippen LogP contribution in [0.2, 0.25) is 0 Å². The summed E-state index contributed by atoms with van der Waals surface area (Å²) in [5.74, 6) is 0.0743. The Morgan fingerprint density at radius 1 is 1.16 bits per heavy atom. The summed E-state index contributed by atoms with van der Waals surface area (Å²) in [6.07, 6.45) is 1.71. The number of piperidine rings is 1. The van der Waals surface area contributed by atoms with Gasteiger partial charge in [0.2, 0.25) is 17.7 Å². The van der Waals surface area contributed by atoms with E-state index in [0.29, 0.717) is 13.1 Å². The van der Waals surface area contributed by atoms with Crippen LogP contribution in [0, 0.1) is 17.8 Å². The maximum absolute atomic E-state index is 13.6. The van der Waals surface area contributed by atoms with Crippen molar-refractivity contribution in [3.63, 3.8) is 0 Å². The SMILES string of the molecule is CN[C@@H](C)C(=O)N[C@H](C(=O)N1C[C@H](C)[C@H]2CCN(CCc3ccccc3)C(=O)[C@H]21)C(C)C. The fraction of sp³-hybridized carbons (Fsp3) is 0.640. The topological polar surface area (TPSA) is 81.8 Å². The molecular formula is C25H38N4O3.